The Labute approximate surface area is 115 Å². The molecule has 0 aliphatic heterocycles. The standard InChI is InChI=1S/C13H16IN3/c1-2-7-17-8-6-16-13(17)12(15)10-4-3-5-11(14)9-10/h3-6,8-9,12H,2,7,15H2,1H3. The van der Waals surface area contributed by atoms with Crippen molar-refractivity contribution in [3.63, 3.8) is 0 Å². The van der Waals surface area contributed by atoms with Crippen LogP contribution in [-0.2, 0) is 6.54 Å². The van der Waals surface area contributed by atoms with E-state index in [4.69, 9.17) is 5.73 Å². The minimum atomic E-state index is -0.147. The molecule has 0 aliphatic carbocycles. The summed E-state index contributed by atoms with van der Waals surface area (Å²) in [6.45, 7) is 3.12. The summed E-state index contributed by atoms with van der Waals surface area (Å²) in [6.07, 6.45) is 4.90. The van der Waals surface area contributed by atoms with Gasteiger partial charge in [-0.25, -0.2) is 4.98 Å². The number of hydrogen-bond acceptors (Lipinski definition) is 2. The first-order chi connectivity index (χ1) is 8.22. The van der Waals surface area contributed by atoms with Gasteiger partial charge in [0, 0.05) is 22.5 Å². The Morgan fingerprint density at radius 1 is 1.47 bits per heavy atom. The number of aryl methyl sites for hydroxylation is 1. The highest BCUT2D eigenvalue weighted by atomic mass is 127. The van der Waals surface area contributed by atoms with Crippen molar-refractivity contribution in [1.82, 2.24) is 9.55 Å². The van der Waals surface area contributed by atoms with Crippen LogP contribution in [0.4, 0.5) is 0 Å². The molecule has 1 heterocycles. The fraction of sp³-hybridized carbons (Fsp3) is 0.308. The van der Waals surface area contributed by atoms with E-state index in [2.05, 4.69) is 57.3 Å². The van der Waals surface area contributed by atoms with Gasteiger partial charge in [0.2, 0.25) is 0 Å². The zero-order valence-electron chi connectivity index (χ0n) is 9.81. The monoisotopic (exact) mass is 341 g/mol. The molecule has 0 saturated heterocycles. The van der Waals surface area contributed by atoms with Crippen LogP contribution in [0, 0.1) is 3.57 Å². The highest BCUT2D eigenvalue weighted by Gasteiger charge is 2.14. The maximum absolute atomic E-state index is 6.27. The number of nitrogens with two attached hydrogens (primary N) is 1. The van der Waals surface area contributed by atoms with Crippen molar-refractivity contribution in [3.05, 3.63) is 51.6 Å². The first kappa shape index (κ1) is 12.6. The van der Waals surface area contributed by atoms with Crippen LogP contribution in [0.2, 0.25) is 0 Å². The second kappa shape index (κ2) is 5.64. The number of hydrogen-bond donors (Lipinski definition) is 1. The van der Waals surface area contributed by atoms with Crippen LogP contribution >= 0.6 is 22.6 Å². The zero-order valence-corrected chi connectivity index (χ0v) is 12.0. The molecule has 0 fully saturated rings. The van der Waals surface area contributed by atoms with Gasteiger partial charge in [-0.2, -0.15) is 0 Å². The van der Waals surface area contributed by atoms with Crippen LogP contribution in [0.1, 0.15) is 30.8 Å². The molecule has 17 heavy (non-hydrogen) atoms. The summed E-state index contributed by atoms with van der Waals surface area (Å²) in [7, 11) is 0. The van der Waals surface area contributed by atoms with E-state index in [0.29, 0.717) is 0 Å². The lowest BCUT2D eigenvalue weighted by Gasteiger charge is -2.14. The van der Waals surface area contributed by atoms with Crippen LogP contribution in [-0.4, -0.2) is 9.55 Å². The summed E-state index contributed by atoms with van der Waals surface area (Å²) in [5, 5.41) is 0. The molecule has 1 aromatic carbocycles. The van der Waals surface area contributed by atoms with Crippen LogP contribution in [0.15, 0.2) is 36.7 Å². The van der Waals surface area contributed by atoms with Gasteiger partial charge < -0.3 is 10.3 Å². The quantitative estimate of drug-likeness (QED) is 0.869. The summed E-state index contributed by atoms with van der Waals surface area (Å²) in [4.78, 5) is 4.38. The third-order valence-electron chi connectivity index (χ3n) is 2.70. The molecule has 2 N–H and O–H groups in total. The van der Waals surface area contributed by atoms with E-state index in [1.807, 2.05) is 18.5 Å². The summed E-state index contributed by atoms with van der Waals surface area (Å²) >= 11 is 2.30. The van der Waals surface area contributed by atoms with Gasteiger partial charge in [-0.1, -0.05) is 19.1 Å². The average Bonchev–Trinajstić information content (AvgIpc) is 2.77. The van der Waals surface area contributed by atoms with Gasteiger partial charge in [-0.3, -0.25) is 0 Å². The number of benzene rings is 1. The Morgan fingerprint density at radius 3 is 3.00 bits per heavy atom. The summed E-state index contributed by atoms with van der Waals surface area (Å²) in [5.74, 6) is 0.939. The van der Waals surface area contributed by atoms with Gasteiger partial charge in [0.1, 0.15) is 5.82 Å². The molecule has 0 aliphatic rings. The summed E-state index contributed by atoms with van der Waals surface area (Å²) in [5.41, 5.74) is 7.39. The smallest absolute Gasteiger partial charge is 0.130 e. The van der Waals surface area contributed by atoms with E-state index in [-0.39, 0.29) is 6.04 Å². The Kier molecular flexibility index (Phi) is 4.17. The van der Waals surface area contributed by atoms with E-state index in [1.165, 1.54) is 3.57 Å². The van der Waals surface area contributed by atoms with E-state index in [9.17, 15) is 0 Å². The van der Waals surface area contributed by atoms with Crippen molar-refractivity contribution in [2.24, 2.45) is 5.73 Å². The van der Waals surface area contributed by atoms with Gasteiger partial charge in [0.25, 0.3) is 0 Å². The summed E-state index contributed by atoms with van der Waals surface area (Å²) in [6, 6.07) is 8.11. The molecule has 4 heteroatoms. The van der Waals surface area contributed by atoms with Crippen molar-refractivity contribution < 1.29 is 0 Å². The second-order valence-corrected chi connectivity index (χ2v) is 5.26. The molecule has 0 amide bonds. The fourth-order valence-electron chi connectivity index (χ4n) is 1.88. The molecule has 2 rings (SSSR count). The molecule has 0 radical (unpaired) electrons. The van der Waals surface area contributed by atoms with Crippen LogP contribution in [0.5, 0.6) is 0 Å². The molecule has 2 aromatic rings. The minimum Gasteiger partial charge on any atom is -0.333 e. The third kappa shape index (κ3) is 2.87. The molecular weight excluding hydrogens is 325 g/mol. The second-order valence-electron chi connectivity index (χ2n) is 4.01. The highest BCUT2D eigenvalue weighted by Crippen LogP contribution is 2.20. The SMILES string of the molecule is CCCn1ccnc1C(N)c1cccc(I)c1. The normalized spacial score (nSPS) is 12.6. The van der Waals surface area contributed by atoms with Crippen molar-refractivity contribution >= 4 is 22.6 Å². The molecule has 1 unspecified atom stereocenters. The lowest BCUT2D eigenvalue weighted by atomic mass is 10.1. The van der Waals surface area contributed by atoms with Crippen molar-refractivity contribution in [3.8, 4) is 0 Å². The van der Waals surface area contributed by atoms with Gasteiger partial charge in [0.05, 0.1) is 6.04 Å². The molecular formula is C13H16IN3. The zero-order chi connectivity index (χ0) is 12.3. The molecule has 3 nitrogen and oxygen atoms in total. The van der Waals surface area contributed by atoms with Crippen LogP contribution in [0.25, 0.3) is 0 Å². The first-order valence-corrected chi connectivity index (χ1v) is 6.82. The van der Waals surface area contributed by atoms with E-state index >= 15 is 0 Å². The predicted octanol–water partition coefficient (Wildman–Crippen LogP) is 2.95. The largest absolute Gasteiger partial charge is 0.333 e. The Balaban J connectivity index is 2.30. The van der Waals surface area contributed by atoms with Gasteiger partial charge in [-0.15, -0.1) is 0 Å². The Morgan fingerprint density at radius 2 is 2.29 bits per heavy atom. The number of imidazole rings is 1. The molecule has 1 aromatic heterocycles. The van der Waals surface area contributed by atoms with E-state index in [0.717, 1.165) is 24.4 Å². The third-order valence-corrected chi connectivity index (χ3v) is 3.37. The van der Waals surface area contributed by atoms with Crippen molar-refractivity contribution in [2.75, 3.05) is 0 Å². The van der Waals surface area contributed by atoms with Gasteiger partial charge in [-0.05, 0) is 46.7 Å². The summed E-state index contributed by atoms with van der Waals surface area (Å²) < 4.78 is 3.33. The number of rotatable bonds is 4. The lowest BCUT2D eigenvalue weighted by Crippen LogP contribution is -2.18. The lowest BCUT2D eigenvalue weighted by molar-refractivity contribution is 0.613. The molecule has 0 bridgehead atoms. The number of nitrogens with zero attached hydrogens (tertiary/aromatic N) is 2. The molecule has 0 spiro atoms. The van der Waals surface area contributed by atoms with E-state index in [1.54, 1.807) is 0 Å². The maximum atomic E-state index is 6.27. The van der Waals surface area contributed by atoms with Crippen molar-refractivity contribution in [2.45, 2.75) is 25.9 Å². The van der Waals surface area contributed by atoms with Gasteiger partial charge >= 0.3 is 0 Å². The van der Waals surface area contributed by atoms with Crippen LogP contribution in [0.3, 0.4) is 0 Å². The highest BCUT2D eigenvalue weighted by molar-refractivity contribution is 14.1. The minimum absolute atomic E-state index is 0.147. The molecule has 90 valence electrons. The Hall–Kier alpha value is -0.880. The molecule has 1 atom stereocenters. The average molecular weight is 341 g/mol. The van der Waals surface area contributed by atoms with Gasteiger partial charge in [0.15, 0.2) is 0 Å². The number of aromatic nitrogens is 2. The first-order valence-electron chi connectivity index (χ1n) is 5.74. The predicted molar refractivity (Wildman–Crippen MR) is 77.7 cm³/mol. The maximum Gasteiger partial charge on any atom is 0.130 e. The van der Waals surface area contributed by atoms with E-state index < -0.39 is 0 Å². The number of halogens is 1. The van der Waals surface area contributed by atoms with Crippen LogP contribution < -0.4 is 5.73 Å². The molecule has 0 saturated carbocycles. The van der Waals surface area contributed by atoms with Crippen molar-refractivity contribution in [1.29, 1.82) is 0 Å². The fourth-order valence-corrected chi connectivity index (χ4v) is 2.45. The topological polar surface area (TPSA) is 43.8 Å². The Bertz CT molecular complexity index is 493.